The van der Waals surface area contributed by atoms with Crippen molar-refractivity contribution in [1.82, 2.24) is 0 Å². The molecular weight excluding hydrogens is 383 g/mol. The van der Waals surface area contributed by atoms with Crippen LogP contribution in [-0.4, -0.2) is 0 Å². The molecule has 2 rings (SSSR count). The van der Waals surface area contributed by atoms with Crippen molar-refractivity contribution < 1.29 is 4.39 Å². The highest BCUT2D eigenvalue weighted by Gasteiger charge is 2.20. The first-order valence-corrected chi connectivity index (χ1v) is 8.49. The Morgan fingerprint density at radius 3 is 2.45 bits per heavy atom. The third-order valence-electron chi connectivity index (χ3n) is 3.53. The van der Waals surface area contributed by atoms with Crippen LogP contribution >= 0.6 is 31.9 Å². The zero-order valence-electron chi connectivity index (χ0n) is 11.6. The summed E-state index contributed by atoms with van der Waals surface area (Å²) >= 11 is 7.14. The fraction of sp³-hybridized carbons (Fsp3) is 0.294. The highest BCUT2D eigenvalue weighted by atomic mass is 79.9. The lowest BCUT2D eigenvalue weighted by molar-refractivity contribution is 0.612. The predicted molar refractivity (Wildman–Crippen MR) is 90.1 cm³/mol. The fourth-order valence-corrected chi connectivity index (χ4v) is 4.10. The van der Waals surface area contributed by atoms with Crippen LogP contribution in [0.15, 0.2) is 40.9 Å². The van der Waals surface area contributed by atoms with Gasteiger partial charge in [0.2, 0.25) is 0 Å². The van der Waals surface area contributed by atoms with Crippen molar-refractivity contribution in [3.05, 3.63) is 68.9 Å². The number of alkyl halides is 1. The summed E-state index contributed by atoms with van der Waals surface area (Å²) in [6.07, 6.45) is 1.92. The topological polar surface area (TPSA) is 0 Å². The Hall–Kier alpha value is -0.670. The molecule has 2 aromatic carbocycles. The summed E-state index contributed by atoms with van der Waals surface area (Å²) in [6, 6.07) is 11.6. The average molecular weight is 400 g/mol. The molecule has 0 spiro atoms. The maximum Gasteiger partial charge on any atom is 0.129 e. The second-order valence-corrected chi connectivity index (χ2v) is 6.51. The zero-order chi connectivity index (χ0) is 14.7. The summed E-state index contributed by atoms with van der Waals surface area (Å²) in [4.78, 5) is -0.139. The minimum Gasteiger partial charge on any atom is -0.207 e. The lowest BCUT2D eigenvalue weighted by atomic mass is 9.95. The van der Waals surface area contributed by atoms with Crippen molar-refractivity contribution in [2.45, 2.75) is 31.5 Å². The van der Waals surface area contributed by atoms with Crippen molar-refractivity contribution >= 4 is 31.9 Å². The largest absolute Gasteiger partial charge is 0.207 e. The van der Waals surface area contributed by atoms with Crippen LogP contribution in [0.3, 0.4) is 0 Å². The summed E-state index contributed by atoms with van der Waals surface area (Å²) in [6.45, 7) is 4.26. The molecule has 20 heavy (non-hydrogen) atoms. The van der Waals surface area contributed by atoms with E-state index in [-0.39, 0.29) is 10.6 Å². The van der Waals surface area contributed by atoms with E-state index in [1.165, 1.54) is 17.2 Å². The van der Waals surface area contributed by atoms with E-state index in [1.54, 1.807) is 6.07 Å². The van der Waals surface area contributed by atoms with Gasteiger partial charge in [-0.25, -0.2) is 4.39 Å². The molecule has 0 fully saturated rings. The van der Waals surface area contributed by atoms with Crippen molar-refractivity contribution in [3.63, 3.8) is 0 Å². The van der Waals surface area contributed by atoms with Gasteiger partial charge in [-0.3, -0.25) is 0 Å². The standard InChI is InChI=1S/C17H17Br2F/c1-3-11-8-9-12(4-2)13(10-11)17(19)16-14(18)6-5-7-15(16)20/h5-10,17H,3-4H2,1-2H3. The van der Waals surface area contributed by atoms with Crippen molar-refractivity contribution in [2.75, 3.05) is 0 Å². The van der Waals surface area contributed by atoms with E-state index in [0.29, 0.717) is 5.56 Å². The van der Waals surface area contributed by atoms with Crippen LogP contribution in [0, 0.1) is 5.82 Å². The molecule has 0 aliphatic heterocycles. The second kappa shape index (κ2) is 6.86. The van der Waals surface area contributed by atoms with Crippen LogP contribution in [0.2, 0.25) is 0 Å². The minimum absolute atomic E-state index is 0.139. The maximum atomic E-state index is 14.1. The Morgan fingerprint density at radius 2 is 1.85 bits per heavy atom. The summed E-state index contributed by atoms with van der Waals surface area (Å²) in [7, 11) is 0. The van der Waals surface area contributed by atoms with Crippen molar-refractivity contribution in [3.8, 4) is 0 Å². The Balaban J connectivity index is 2.55. The van der Waals surface area contributed by atoms with Crippen molar-refractivity contribution in [1.29, 1.82) is 0 Å². The van der Waals surface area contributed by atoms with Crippen LogP contribution in [0.1, 0.15) is 40.9 Å². The molecule has 1 unspecified atom stereocenters. The van der Waals surface area contributed by atoms with Crippen LogP contribution in [-0.2, 0) is 12.8 Å². The molecule has 0 aliphatic rings. The molecule has 0 radical (unpaired) electrons. The fourth-order valence-electron chi connectivity index (χ4n) is 2.33. The molecule has 3 heteroatoms. The number of hydrogen-bond donors (Lipinski definition) is 0. The van der Waals surface area contributed by atoms with Gasteiger partial charge in [0, 0.05) is 10.0 Å². The Kier molecular flexibility index (Phi) is 5.39. The number of benzene rings is 2. The molecule has 0 aromatic heterocycles. The molecule has 0 amide bonds. The third kappa shape index (κ3) is 3.15. The number of aryl methyl sites for hydroxylation is 2. The third-order valence-corrected chi connectivity index (χ3v) is 5.17. The molecular formula is C17H17Br2F. The monoisotopic (exact) mass is 398 g/mol. The Bertz CT molecular complexity index is 588. The van der Waals surface area contributed by atoms with Crippen LogP contribution < -0.4 is 0 Å². The van der Waals surface area contributed by atoms with Crippen LogP contribution in [0.25, 0.3) is 0 Å². The lowest BCUT2D eigenvalue weighted by Gasteiger charge is -2.18. The van der Waals surface area contributed by atoms with Gasteiger partial charge < -0.3 is 0 Å². The first kappa shape index (κ1) is 15.7. The molecule has 0 heterocycles. The average Bonchev–Trinajstić information content (AvgIpc) is 2.46. The van der Waals surface area contributed by atoms with Crippen LogP contribution in [0.5, 0.6) is 0 Å². The molecule has 0 bridgehead atoms. The van der Waals surface area contributed by atoms with Gasteiger partial charge in [0.25, 0.3) is 0 Å². The van der Waals surface area contributed by atoms with Gasteiger partial charge in [0.1, 0.15) is 5.82 Å². The molecule has 0 saturated carbocycles. The quantitative estimate of drug-likeness (QED) is 0.537. The zero-order valence-corrected chi connectivity index (χ0v) is 14.8. The molecule has 1 atom stereocenters. The highest BCUT2D eigenvalue weighted by Crippen LogP contribution is 2.39. The van der Waals surface area contributed by atoms with E-state index < -0.39 is 0 Å². The van der Waals surface area contributed by atoms with Gasteiger partial charge in [0.15, 0.2) is 0 Å². The van der Waals surface area contributed by atoms with Gasteiger partial charge in [-0.1, -0.05) is 70.0 Å². The van der Waals surface area contributed by atoms with Gasteiger partial charge >= 0.3 is 0 Å². The summed E-state index contributed by atoms with van der Waals surface area (Å²) in [5.41, 5.74) is 4.33. The van der Waals surface area contributed by atoms with Gasteiger partial charge in [-0.05, 0) is 41.7 Å². The van der Waals surface area contributed by atoms with Crippen LogP contribution in [0.4, 0.5) is 4.39 Å². The summed E-state index contributed by atoms with van der Waals surface area (Å²) < 4.78 is 14.9. The van der Waals surface area contributed by atoms with Gasteiger partial charge in [-0.2, -0.15) is 0 Å². The molecule has 2 aromatic rings. The van der Waals surface area contributed by atoms with Gasteiger partial charge in [0.05, 0.1) is 4.83 Å². The van der Waals surface area contributed by atoms with E-state index in [2.05, 4.69) is 63.9 Å². The van der Waals surface area contributed by atoms with E-state index >= 15 is 0 Å². The summed E-state index contributed by atoms with van der Waals surface area (Å²) in [5, 5.41) is 0. The normalized spacial score (nSPS) is 12.4. The smallest absolute Gasteiger partial charge is 0.129 e. The van der Waals surface area contributed by atoms with E-state index in [9.17, 15) is 4.39 Å². The van der Waals surface area contributed by atoms with Crippen molar-refractivity contribution in [2.24, 2.45) is 0 Å². The molecule has 0 nitrogen and oxygen atoms in total. The summed E-state index contributed by atoms with van der Waals surface area (Å²) in [5.74, 6) is -0.190. The molecule has 0 aliphatic carbocycles. The molecule has 0 saturated heterocycles. The van der Waals surface area contributed by atoms with E-state index in [4.69, 9.17) is 0 Å². The minimum atomic E-state index is -0.190. The number of hydrogen-bond acceptors (Lipinski definition) is 0. The highest BCUT2D eigenvalue weighted by molar-refractivity contribution is 9.11. The number of rotatable bonds is 4. The SMILES string of the molecule is CCc1ccc(CC)c(C(Br)c2c(F)cccc2Br)c1. The Labute approximate surface area is 136 Å². The number of halogens is 3. The van der Waals surface area contributed by atoms with E-state index in [1.807, 2.05) is 6.07 Å². The predicted octanol–water partition coefficient (Wildman–Crippen LogP) is 6.20. The van der Waals surface area contributed by atoms with E-state index in [0.717, 1.165) is 22.9 Å². The Morgan fingerprint density at radius 1 is 1.10 bits per heavy atom. The first-order chi connectivity index (χ1) is 9.58. The lowest BCUT2D eigenvalue weighted by Crippen LogP contribution is -2.02. The first-order valence-electron chi connectivity index (χ1n) is 6.78. The van der Waals surface area contributed by atoms with Gasteiger partial charge in [-0.15, -0.1) is 0 Å². The second-order valence-electron chi connectivity index (χ2n) is 4.74. The molecule has 0 N–H and O–H groups in total. The molecule has 106 valence electrons. The maximum absolute atomic E-state index is 14.1.